The van der Waals surface area contributed by atoms with Crippen molar-refractivity contribution in [2.24, 2.45) is 14.1 Å². The SMILES string of the molecule is Cn1c(=O)c2c(nc(Cl)n2Cc2csc(-c3ccc4c(c3)OCO4)n2)n(C)c1=O. The standard InChI is InChI=1S/C18H14ClN5O4S/c1-22-14-13(16(25)23(2)18(22)26)24(17(19)21-14)6-10-7-29-15(20-10)9-3-4-11-12(5-9)28-8-27-11/h3-5,7H,6,8H2,1-2H3. The summed E-state index contributed by atoms with van der Waals surface area (Å²) >= 11 is 7.76. The van der Waals surface area contributed by atoms with Gasteiger partial charge in [0, 0.05) is 25.0 Å². The molecule has 1 aliphatic heterocycles. The molecule has 0 saturated heterocycles. The van der Waals surface area contributed by atoms with E-state index in [1.165, 1.54) is 23.0 Å². The largest absolute Gasteiger partial charge is 0.454 e. The van der Waals surface area contributed by atoms with Gasteiger partial charge in [0.1, 0.15) is 5.01 Å². The zero-order valence-electron chi connectivity index (χ0n) is 15.4. The number of thiazole rings is 1. The fourth-order valence-corrected chi connectivity index (χ4v) is 4.30. The highest BCUT2D eigenvalue weighted by Gasteiger charge is 2.20. The smallest absolute Gasteiger partial charge is 0.332 e. The first kappa shape index (κ1) is 18.0. The van der Waals surface area contributed by atoms with Gasteiger partial charge >= 0.3 is 5.69 Å². The van der Waals surface area contributed by atoms with Crippen LogP contribution in [0.4, 0.5) is 0 Å². The molecule has 1 aromatic carbocycles. The maximum atomic E-state index is 12.6. The summed E-state index contributed by atoms with van der Waals surface area (Å²) in [5.74, 6) is 1.40. The number of benzene rings is 1. The van der Waals surface area contributed by atoms with Crippen LogP contribution in [0.5, 0.6) is 11.5 Å². The average molecular weight is 432 g/mol. The molecular formula is C18H14ClN5O4S. The van der Waals surface area contributed by atoms with Crippen molar-refractivity contribution in [3.63, 3.8) is 0 Å². The molecular weight excluding hydrogens is 418 g/mol. The molecule has 0 amide bonds. The molecule has 0 atom stereocenters. The van der Waals surface area contributed by atoms with Gasteiger partial charge in [-0.1, -0.05) is 0 Å². The molecule has 4 heterocycles. The Hall–Kier alpha value is -3.11. The van der Waals surface area contributed by atoms with Gasteiger partial charge in [-0.05, 0) is 29.8 Å². The number of hydrogen-bond donors (Lipinski definition) is 0. The molecule has 0 saturated carbocycles. The summed E-state index contributed by atoms with van der Waals surface area (Å²) in [6, 6.07) is 5.65. The summed E-state index contributed by atoms with van der Waals surface area (Å²) in [5.41, 5.74) is 1.23. The van der Waals surface area contributed by atoms with E-state index in [0.717, 1.165) is 20.8 Å². The van der Waals surface area contributed by atoms with Gasteiger partial charge in [-0.2, -0.15) is 4.98 Å². The molecule has 3 aromatic heterocycles. The van der Waals surface area contributed by atoms with Crippen molar-refractivity contribution in [2.45, 2.75) is 6.54 Å². The number of aryl methyl sites for hydroxylation is 1. The Kier molecular flexibility index (Phi) is 4.00. The molecule has 148 valence electrons. The third kappa shape index (κ3) is 2.75. The van der Waals surface area contributed by atoms with Gasteiger partial charge in [-0.3, -0.25) is 13.9 Å². The predicted molar refractivity (Wildman–Crippen MR) is 108 cm³/mol. The number of aromatic nitrogens is 5. The van der Waals surface area contributed by atoms with E-state index in [2.05, 4.69) is 9.97 Å². The highest BCUT2D eigenvalue weighted by molar-refractivity contribution is 7.13. The molecule has 4 aromatic rings. The Labute approximate surface area is 172 Å². The van der Waals surface area contributed by atoms with Crippen molar-refractivity contribution in [3.05, 3.63) is 55.4 Å². The van der Waals surface area contributed by atoms with Crippen LogP contribution in [0.2, 0.25) is 5.28 Å². The monoisotopic (exact) mass is 431 g/mol. The highest BCUT2D eigenvalue weighted by Crippen LogP contribution is 2.36. The molecule has 0 N–H and O–H groups in total. The topological polar surface area (TPSA) is 93.2 Å². The molecule has 1 aliphatic rings. The summed E-state index contributed by atoms with van der Waals surface area (Å²) in [6.45, 7) is 0.468. The van der Waals surface area contributed by atoms with Crippen molar-refractivity contribution < 1.29 is 9.47 Å². The third-order valence-electron chi connectivity index (χ3n) is 4.79. The van der Waals surface area contributed by atoms with E-state index in [1.54, 1.807) is 11.6 Å². The molecule has 0 spiro atoms. The van der Waals surface area contributed by atoms with E-state index in [4.69, 9.17) is 21.1 Å². The van der Waals surface area contributed by atoms with E-state index >= 15 is 0 Å². The Morgan fingerprint density at radius 3 is 2.76 bits per heavy atom. The third-order valence-corrected chi connectivity index (χ3v) is 6.02. The van der Waals surface area contributed by atoms with E-state index in [0.29, 0.717) is 11.5 Å². The molecule has 29 heavy (non-hydrogen) atoms. The van der Waals surface area contributed by atoms with Crippen LogP contribution in [-0.4, -0.2) is 30.5 Å². The van der Waals surface area contributed by atoms with Crippen molar-refractivity contribution in [3.8, 4) is 22.1 Å². The summed E-state index contributed by atoms with van der Waals surface area (Å²) in [4.78, 5) is 33.6. The lowest BCUT2D eigenvalue weighted by Crippen LogP contribution is -2.37. The number of ether oxygens (including phenoxy) is 2. The number of rotatable bonds is 3. The number of hydrogen-bond acceptors (Lipinski definition) is 7. The number of fused-ring (bicyclic) bond motifs is 2. The minimum absolute atomic E-state index is 0.121. The minimum atomic E-state index is -0.456. The summed E-state index contributed by atoms with van der Waals surface area (Å²) in [7, 11) is 2.98. The van der Waals surface area contributed by atoms with Crippen molar-refractivity contribution in [1.82, 2.24) is 23.7 Å². The Morgan fingerprint density at radius 1 is 1.14 bits per heavy atom. The van der Waals surface area contributed by atoms with Gasteiger partial charge in [-0.15, -0.1) is 11.3 Å². The Bertz CT molecular complexity index is 1400. The van der Waals surface area contributed by atoms with Crippen LogP contribution in [0.25, 0.3) is 21.7 Å². The number of halogens is 1. The molecule has 5 rings (SSSR count). The maximum Gasteiger partial charge on any atom is 0.332 e. The fourth-order valence-electron chi connectivity index (χ4n) is 3.27. The van der Waals surface area contributed by atoms with Crippen LogP contribution in [0, 0.1) is 0 Å². The zero-order chi connectivity index (χ0) is 20.3. The van der Waals surface area contributed by atoms with Gasteiger partial charge in [-0.25, -0.2) is 9.78 Å². The highest BCUT2D eigenvalue weighted by atomic mass is 35.5. The normalized spacial score (nSPS) is 12.8. The van der Waals surface area contributed by atoms with E-state index in [1.807, 2.05) is 23.6 Å². The summed E-state index contributed by atoms with van der Waals surface area (Å²) in [5, 5.41) is 2.82. The molecule has 0 fully saturated rings. The van der Waals surface area contributed by atoms with Crippen molar-refractivity contribution >= 4 is 34.1 Å². The lowest BCUT2D eigenvalue weighted by molar-refractivity contribution is 0.174. The van der Waals surface area contributed by atoms with Gasteiger partial charge in [0.2, 0.25) is 12.1 Å². The number of nitrogens with zero attached hydrogens (tertiary/aromatic N) is 5. The van der Waals surface area contributed by atoms with Crippen LogP contribution < -0.4 is 20.7 Å². The fraction of sp³-hybridized carbons (Fsp3) is 0.222. The van der Waals surface area contributed by atoms with Crippen molar-refractivity contribution in [1.29, 1.82) is 0 Å². The van der Waals surface area contributed by atoms with Gasteiger partial charge in [0.05, 0.1) is 12.2 Å². The van der Waals surface area contributed by atoms with Crippen LogP contribution in [0.1, 0.15) is 5.69 Å². The second-order valence-electron chi connectivity index (χ2n) is 6.56. The van der Waals surface area contributed by atoms with E-state index in [9.17, 15) is 9.59 Å². The zero-order valence-corrected chi connectivity index (χ0v) is 17.0. The van der Waals surface area contributed by atoms with E-state index < -0.39 is 11.2 Å². The quantitative estimate of drug-likeness (QED) is 0.460. The average Bonchev–Trinajstić information content (AvgIpc) is 3.44. The van der Waals surface area contributed by atoms with E-state index in [-0.39, 0.29) is 29.8 Å². The summed E-state index contributed by atoms with van der Waals surface area (Å²) < 4.78 is 14.7. The van der Waals surface area contributed by atoms with Crippen LogP contribution in [-0.2, 0) is 20.6 Å². The molecule has 11 heteroatoms. The molecule has 0 aliphatic carbocycles. The lowest BCUT2D eigenvalue weighted by atomic mass is 10.2. The first-order valence-corrected chi connectivity index (χ1v) is 9.86. The minimum Gasteiger partial charge on any atom is -0.454 e. The molecule has 0 bridgehead atoms. The van der Waals surface area contributed by atoms with Gasteiger partial charge < -0.3 is 14.0 Å². The van der Waals surface area contributed by atoms with Gasteiger partial charge in [0.15, 0.2) is 22.7 Å². The molecule has 9 nitrogen and oxygen atoms in total. The predicted octanol–water partition coefficient (Wildman–Crippen LogP) is 1.99. The molecule has 0 radical (unpaired) electrons. The number of imidazole rings is 1. The Morgan fingerprint density at radius 2 is 1.93 bits per heavy atom. The maximum absolute atomic E-state index is 12.6. The van der Waals surface area contributed by atoms with Crippen LogP contribution in [0.3, 0.4) is 0 Å². The summed E-state index contributed by atoms with van der Waals surface area (Å²) in [6.07, 6.45) is 0. The first-order valence-electron chi connectivity index (χ1n) is 8.60. The second kappa shape index (κ2) is 6.46. The second-order valence-corrected chi connectivity index (χ2v) is 7.75. The Balaban J connectivity index is 1.55. The van der Waals surface area contributed by atoms with Gasteiger partial charge in [0.25, 0.3) is 5.56 Å². The first-order chi connectivity index (χ1) is 13.9. The lowest BCUT2D eigenvalue weighted by Gasteiger charge is -2.06. The van der Waals surface area contributed by atoms with Crippen LogP contribution >= 0.6 is 22.9 Å². The molecule has 0 unspecified atom stereocenters. The van der Waals surface area contributed by atoms with Crippen LogP contribution in [0.15, 0.2) is 33.2 Å². The van der Waals surface area contributed by atoms with Crippen molar-refractivity contribution in [2.75, 3.05) is 6.79 Å².